The summed E-state index contributed by atoms with van der Waals surface area (Å²) in [4.78, 5) is 26.1. The van der Waals surface area contributed by atoms with E-state index in [-0.39, 0.29) is 19.9 Å². The number of hydrogen-bond donors (Lipinski definition) is 2. The van der Waals surface area contributed by atoms with Crippen LogP contribution in [-0.2, 0) is 11.5 Å². The summed E-state index contributed by atoms with van der Waals surface area (Å²) < 4.78 is 6.59. The van der Waals surface area contributed by atoms with Crippen molar-refractivity contribution >= 4 is 0 Å². The molecule has 0 saturated carbocycles. The number of aromatic nitrogens is 2. The lowest BCUT2D eigenvalue weighted by Crippen LogP contribution is -2.34. The summed E-state index contributed by atoms with van der Waals surface area (Å²) in [5.74, 6) is 0. The topological polar surface area (TPSA) is 84.3 Å². The Morgan fingerprint density at radius 1 is 1.29 bits per heavy atom. The normalized spacial score (nSPS) is 10.8. The monoisotopic (exact) mass is 290 g/mol. The van der Waals surface area contributed by atoms with Gasteiger partial charge in [0.2, 0.25) is 0 Å². The molecule has 0 amide bonds. The molecule has 0 fully saturated rings. The molecule has 1 aromatic heterocycles. The van der Waals surface area contributed by atoms with Gasteiger partial charge in [-0.25, -0.2) is 4.79 Å². The molecule has 21 heavy (non-hydrogen) atoms. The molecule has 1 heterocycles. The van der Waals surface area contributed by atoms with Crippen LogP contribution in [0.1, 0.15) is 11.1 Å². The van der Waals surface area contributed by atoms with E-state index >= 15 is 0 Å². The maximum atomic E-state index is 12.0. The number of aliphatic hydroxyl groups is 1. The predicted molar refractivity (Wildman–Crippen MR) is 79.3 cm³/mol. The van der Waals surface area contributed by atoms with Crippen LogP contribution in [0.25, 0.3) is 11.3 Å². The molecule has 2 rings (SSSR count). The van der Waals surface area contributed by atoms with E-state index < -0.39 is 11.2 Å². The van der Waals surface area contributed by atoms with Gasteiger partial charge in [0, 0.05) is 5.56 Å². The first kappa shape index (κ1) is 15.2. The Bertz CT molecular complexity index is 746. The van der Waals surface area contributed by atoms with E-state index in [9.17, 15) is 9.59 Å². The molecule has 0 spiro atoms. The maximum Gasteiger partial charge on any atom is 0.330 e. The van der Waals surface area contributed by atoms with Gasteiger partial charge in [0.15, 0.2) is 0 Å². The molecule has 0 atom stereocenters. The second kappa shape index (κ2) is 6.51. The number of hydrogen-bond acceptors (Lipinski definition) is 4. The van der Waals surface area contributed by atoms with Crippen molar-refractivity contribution in [3.8, 4) is 11.3 Å². The summed E-state index contributed by atoms with van der Waals surface area (Å²) >= 11 is 0. The van der Waals surface area contributed by atoms with Crippen molar-refractivity contribution in [2.45, 2.75) is 20.6 Å². The van der Waals surface area contributed by atoms with Crippen LogP contribution in [0.3, 0.4) is 0 Å². The molecule has 0 radical (unpaired) electrons. The number of aryl methyl sites for hydroxylation is 1. The molecule has 0 aliphatic heterocycles. The molecule has 6 nitrogen and oxygen atoms in total. The van der Waals surface area contributed by atoms with E-state index in [0.29, 0.717) is 11.3 Å². The second-order valence-electron chi connectivity index (χ2n) is 4.79. The summed E-state index contributed by atoms with van der Waals surface area (Å²) in [7, 11) is 0. The van der Waals surface area contributed by atoms with Crippen molar-refractivity contribution in [3.05, 3.63) is 56.2 Å². The van der Waals surface area contributed by atoms with Crippen LogP contribution in [-0.4, -0.2) is 27.9 Å². The van der Waals surface area contributed by atoms with Crippen LogP contribution >= 0.6 is 0 Å². The number of nitrogens with zero attached hydrogens (tertiary/aromatic N) is 1. The number of aliphatic hydroxyl groups excluding tert-OH is 1. The summed E-state index contributed by atoms with van der Waals surface area (Å²) in [6.07, 6.45) is 0. The van der Waals surface area contributed by atoms with Gasteiger partial charge in [-0.3, -0.25) is 14.3 Å². The molecule has 6 heteroatoms. The minimum atomic E-state index is -0.528. The van der Waals surface area contributed by atoms with E-state index in [1.807, 2.05) is 31.2 Å². The van der Waals surface area contributed by atoms with Gasteiger partial charge < -0.3 is 9.84 Å². The summed E-state index contributed by atoms with van der Waals surface area (Å²) in [5.41, 5.74) is 1.86. The molecular formula is C15H18N2O4. The Morgan fingerprint density at radius 2 is 2.05 bits per heavy atom. The Balaban J connectivity index is 2.61. The molecule has 0 aliphatic carbocycles. The molecule has 2 aromatic rings. The van der Waals surface area contributed by atoms with Gasteiger partial charge in [-0.2, -0.15) is 0 Å². The minimum Gasteiger partial charge on any atom is -0.394 e. The standard InChI is InChI=1S/C15H18N2O4/c1-10-4-3-5-12(8-10)13-11(2)14(19)16-15(20)17(13)9-21-7-6-18/h3-5,8,18H,6-7,9H2,1-2H3,(H,16,19,20). The van der Waals surface area contributed by atoms with Crippen molar-refractivity contribution in [3.63, 3.8) is 0 Å². The first-order valence-corrected chi connectivity index (χ1v) is 6.64. The van der Waals surface area contributed by atoms with Crippen molar-refractivity contribution in [1.29, 1.82) is 0 Å². The molecule has 0 aliphatic rings. The lowest BCUT2D eigenvalue weighted by molar-refractivity contribution is 0.0465. The number of aromatic amines is 1. The fraction of sp³-hybridized carbons (Fsp3) is 0.333. The van der Waals surface area contributed by atoms with Gasteiger partial charge in [0.1, 0.15) is 6.73 Å². The van der Waals surface area contributed by atoms with Gasteiger partial charge in [-0.05, 0) is 25.5 Å². The Morgan fingerprint density at radius 3 is 2.71 bits per heavy atom. The average Bonchev–Trinajstić information content (AvgIpc) is 2.44. The van der Waals surface area contributed by atoms with E-state index in [1.54, 1.807) is 6.92 Å². The molecule has 0 bridgehead atoms. The van der Waals surface area contributed by atoms with Crippen LogP contribution in [0.4, 0.5) is 0 Å². The van der Waals surface area contributed by atoms with Crippen LogP contribution < -0.4 is 11.2 Å². The number of nitrogens with one attached hydrogen (secondary N) is 1. The largest absolute Gasteiger partial charge is 0.394 e. The smallest absolute Gasteiger partial charge is 0.330 e. The first-order valence-electron chi connectivity index (χ1n) is 6.64. The zero-order valence-corrected chi connectivity index (χ0v) is 12.0. The Kier molecular flexibility index (Phi) is 4.72. The zero-order valence-electron chi connectivity index (χ0n) is 12.0. The molecule has 0 saturated heterocycles. The van der Waals surface area contributed by atoms with E-state index in [1.165, 1.54) is 4.57 Å². The fourth-order valence-electron chi connectivity index (χ4n) is 2.18. The van der Waals surface area contributed by atoms with Crippen molar-refractivity contribution in [1.82, 2.24) is 9.55 Å². The predicted octanol–water partition coefficient (Wildman–Crippen LogP) is 0.787. The molecule has 2 N–H and O–H groups in total. The number of rotatable bonds is 5. The lowest BCUT2D eigenvalue weighted by atomic mass is 10.1. The zero-order chi connectivity index (χ0) is 15.4. The summed E-state index contributed by atoms with van der Waals surface area (Å²) in [5, 5.41) is 8.76. The van der Waals surface area contributed by atoms with Crippen LogP contribution in [0, 0.1) is 13.8 Å². The van der Waals surface area contributed by atoms with Gasteiger partial charge in [0.25, 0.3) is 5.56 Å². The van der Waals surface area contributed by atoms with Crippen LogP contribution in [0.2, 0.25) is 0 Å². The third kappa shape index (κ3) is 3.29. The number of H-pyrrole nitrogens is 1. The van der Waals surface area contributed by atoms with Crippen molar-refractivity contribution < 1.29 is 9.84 Å². The van der Waals surface area contributed by atoms with E-state index in [0.717, 1.165) is 11.1 Å². The van der Waals surface area contributed by atoms with Gasteiger partial charge in [0.05, 0.1) is 18.9 Å². The quantitative estimate of drug-likeness (QED) is 0.797. The third-order valence-corrected chi connectivity index (χ3v) is 3.18. The average molecular weight is 290 g/mol. The molecule has 0 unspecified atom stereocenters. The maximum absolute atomic E-state index is 12.0. The van der Waals surface area contributed by atoms with E-state index in [4.69, 9.17) is 9.84 Å². The minimum absolute atomic E-state index is 0.0275. The first-order chi connectivity index (χ1) is 10.0. The molecule has 1 aromatic carbocycles. The lowest BCUT2D eigenvalue weighted by Gasteiger charge is -2.15. The van der Waals surface area contributed by atoms with Crippen LogP contribution in [0.5, 0.6) is 0 Å². The highest BCUT2D eigenvalue weighted by Crippen LogP contribution is 2.21. The summed E-state index contributed by atoms with van der Waals surface area (Å²) in [6, 6.07) is 7.56. The molecule has 112 valence electrons. The fourth-order valence-corrected chi connectivity index (χ4v) is 2.18. The Hall–Kier alpha value is -2.18. The SMILES string of the molecule is Cc1cccc(-c2c(C)c(=O)[nH]c(=O)n2COCCO)c1. The number of ether oxygens (including phenoxy) is 1. The van der Waals surface area contributed by atoms with Crippen molar-refractivity contribution in [2.75, 3.05) is 13.2 Å². The highest BCUT2D eigenvalue weighted by molar-refractivity contribution is 5.63. The Labute approximate surface area is 121 Å². The van der Waals surface area contributed by atoms with E-state index in [2.05, 4.69) is 4.98 Å². The van der Waals surface area contributed by atoms with Gasteiger partial charge in [-0.1, -0.05) is 23.8 Å². The highest BCUT2D eigenvalue weighted by Gasteiger charge is 2.13. The highest BCUT2D eigenvalue weighted by atomic mass is 16.5. The van der Waals surface area contributed by atoms with Crippen LogP contribution in [0.15, 0.2) is 33.9 Å². The second-order valence-corrected chi connectivity index (χ2v) is 4.79. The van der Waals surface area contributed by atoms with Crippen molar-refractivity contribution in [2.24, 2.45) is 0 Å². The van der Waals surface area contributed by atoms with Gasteiger partial charge >= 0.3 is 5.69 Å². The summed E-state index contributed by atoms with van der Waals surface area (Å²) in [6.45, 7) is 3.57. The third-order valence-electron chi connectivity index (χ3n) is 3.18. The molecular weight excluding hydrogens is 272 g/mol. The van der Waals surface area contributed by atoms with Gasteiger partial charge in [-0.15, -0.1) is 0 Å². The number of benzene rings is 1.